The summed E-state index contributed by atoms with van der Waals surface area (Å²) in [6, 6.07) is 0. The lowest BCUT2D eigenvalue weighted by atomic mass is 10.2. The van der Waals surface area contributed by atoms with Crippen molar-refractivity contribution in [3.8, 4) is 0 Å². The molecule has 2 N–H and O–H groups in total. The predicted molar refractivity (Wildman–Crippen MR) is 61.1 cm³/mol. The van der Waals surface area contributed by atoms with E-state index in [1.807, 2.05) is 0 Å². The molecule has 2 atom stereocenters. The summed E-state index contributed by atoms with van der Waals surface area (Å²) in [4.78, 5) is 34.1. The summed E-state index contributed by atoms with van der Waals surface area (Å²) in [5.41, 5.74) is -0.166. The Labute approximate surface area is 104 Å². The van der Waals surface area contributed by atoms with Gasteiger partial charge in [-0.1, -0.05) is 0 Å². The lowest BCUT2D eigenvalue weighted by Gasteiger charge is -2.21. The van der Waals surface area contributed by atoms with Crippen LogP contribution < -0.4 is 5.32 Å². The molecule has 18 heavy (non-hydrogen) atoms. The highest BCUT2D eigenvalue weighted by molar-refractivity contribution is 6.10. The number of carbonyl (C=O) groups excluding carboxylic acids is 3. The average Bonchev–Trinajstić information content (AvgIpc) is 2.88. The maximum absolute atomic E-state index is 11.3. The molecule has 0 aromatic rings. The number of nitrogens with zero attached hydrogens (tertiary/aromatic N) is 1. The SMILES string of the molecule is CNC(=O)/C(C=O)=C\N(C=O)C1CCC(CO)O1. The number of amides is 2. The number of aldehydes is 1. The van der Waals surface area contributed by atoms with Crippen molar-refractivity contribution < 1.29 is 24.2 Å². The van der Waals surface area contributed by atoms with Gasteiger partial charge < -0.3 is 15.2 Å². The number of hydrogen-bond donors (Lipinski definition) is 2. The molecule has 1 fully saturated rings. The average molecular weight is 256 g/mol. The molecule has 1 heterocycles. The Bertz CT molecular complexity index is 355. The summed E-state index contributed by atoms with van der Waals surface area (Å²) in [6.45, 7) is -0.122. The fourth-order valence-corrected chi connectivity index (χ4v) is 1.67. The molecule has 1 rings (SSSR count). The van der Waals surface area contributed by atoms with Crippen molar-refractivity contribution in [3.05, 3.63) is 11.8 Å². The highest BCUT2D eigenvalue weighted by atomic mass is 16.5. The van der Waals surface area contributed by atoms with Crippen molar-refractivity contribution in [2.24, 2.45) is 0 Å². The van der Waals surface area contributed by atoms with Gasteiger partial charge in [0, 0.05) is 13.2 Å². The third-order valence-corrected chi connectivity index (χ3v) is 2.65. The summed E-state index contributed by atoms with van der Waals surface area (Å²) in [6.07, 6.45) is 2.29. The van der Waals surface area contributed by atoms with E-state index in [-0.39, 0.29) is 18.3 Å². The van der Waals surface area contributed by atoms with Crippen LogP contribution in [0.15, 0.2) is 11.8 Å². The fraction of sp³-hybridized carbons (Fsp3) is 0.545. The molecule has 7 heteroatoms. The fourth-order valence-electron chi connectivity index (χ4n) is 1.67. The minimum absolute atomic E-state index is 0.122. The Morgan fingerprint density at radius 1 is 1.50 bits per heavy atom. The van der Waals surface area contributed by atoms with Gasteiger partial charge in [-0.3, -0.25) is 19.3 Å². The van der Waals surface area contributed by atoms with Crippen LogP contribution in [0.2, 0.25) is 0 Å². The number of rotatable bonds is 6. The molecule has 0 bridgehead atoms. The maximum atomic E-state index is 11.3. The summed E-state index contributed by atoms with van der Waals surface area (Å²) in [5.74, 6) is -0.575. The van der Waals surface area contributed by atoms with Gasteiger partial charge in [-0.25, -0.2) is 0 Å². The van der Waals surface area contributed by atoms with E-state index >= 15 is 0 Å². The number of aliphatic hydroxyl groups is 1. The van der Waals surface area contributed by atoms with E-state index in [2.05, 4.69) is 5.32 Å². The molecule has 1 aliphatic rings. The first-order chi connectivity index (χ1) is 8.65. The Morgan fingerprint density at radius 3 is 2.67 bits per heavy atom. The zero-order valence-corrected chi connectivity index (χ0v) is 10.0. The van der Waals surface area contributed by atoms with Gasteiger partial charge in [-0.2, -0.15) is 0 Å². The Hall–Kier alpha value is -1.73. The smallest absolute Gasteiger partial charge is 0.255 e. The number of nitrogens with one attached hydrogen (secondary N) is 1. The number of ether oxygens (including phenoxy) is 1. The van der Waals surface area contributed by atoms with Gasteiger partial charge in [0.15, 0.2) is 6.29 Å². The molecule has 0 aromatic heterocycles. The lowest BCUT2D eigenvalue weighted by Crippen LogP contribution is -2.32. The first-order valence-electron chi connectivity index (χ1n) is 5.54. The number of likely N-dealkylation sites (N-methyl/N-ethyl adjacent to an activating group) is 1. The second-order valence-electron chi connectivity index (χ2n) is 3.81. The standard InChI is InChI=1S/C11H16N2O5/c1-12-11(17)8(5-14)4-13(7-16)10-3-2-9(6-15)18-10/h4-5,7,9-10,15H,2-3,6H2,1H3,(H,12,17)/b8-4-. The molecule has 0 saturated carbocycles. The summed E-state index contributed by atoms with van der Waals surface area (Å²) >= 11 is 0. The van der Waals surface area contributed by atoms with Gasteiger partial charge in [-0.05, 0) is 12.8 Å². The zero-order chi connectivity index (χ0) is 13.5. The summed E-state index contributed by atoms with van der Waals surface area (Å²) in [7, 11) is 1.39. The van der Waals surface area contributed by atoms with E-state index < -0.39 is 12.1 Å². The Kier molecular flexibility index (Phi) is 5.47. The summed E-state index contributed by atoms with van der Waals surface area (Å²) < 4.78 is 5.37. The minimum Gasteiger partial charge on any atom is -0.394 e. The largest absolute Gasteiger partial charge is 0.394 e. The normalized spacial score (nSPS) is 23.6. The Balaban J connectivity index is 2.77. The van der Waals surface area contributed by atoms with Crippen molar-refractivity contribution in [3.63, 3.8) is 0 Å². The van der Waals surface area contributed by atoms with Crippen molar-refractivity contribution in [2.75, 3.05) is 13.7 Å². The predicted octanol–water partition coefficient (Wildman–Crippen LogP) is -1.23. The maximum Gasteiger partial charge on any atom is 0.255 e. The molecule has 2 unspecified atom stereocenters. The van der Waals surface area contributed by atoms with E-state index in [1.165, 1.54) is 7.05 Å². The van der Waals surface area contributed by atoms with Crippen molar-refractivity contribution in [1.82, 2.24) is 10.2 Å². The van der Waals surface area contributed by atoms with Gasteiger partial charge >= 0.3 is 0 Å². The highest BCUT2D eigenvalue weighted by Gasteiger charge is 2.28. The second-order valence-corrected chi connectivity index (χ2v) is 3.81. The number of aliphatic hydroxyl groups excluding tert-OH is 1. The van der Waals surface area contributed by atoms with Crippen LogP contribution >= 0.6 is 0 Å². The molecular weight excluding hydrogens is 240 g/mol. The van der Waals surface area contributed by atoms with Gasteiger partial charge in [-0.15, -0.1) is 0 Å². The molecule has 7 nitrogen and oxygen atoms in total. The van der Waals surface area contributed by atoms with E-state index in [9.17, 15) is 14.4 Å². The molecule has 0 radical (unpaired) electrons. The quantitative estimate of drug-likeness (QED) is 0.268. The number of carbonyl (C=O) groups is 3. The van der Waals surface area contributed by atoms with Gasteiger partial charge in [0.1, 0.15) is 6.23 Å². The lowest BCUT2D eigenvalue weighted by molar-refractivity contribution is -0.127. The van der Waals surface area contributed by atoms with Crippen LogP contribution in [0.5, 0.6) is 0 Å². The third-order valence-electron chi connectivity index (χ3n) is 2.65. The van der Waals surface area contributed by atoms with Crippen molar-refractivity contribution in [1.29, 1.82) is 0 Å². The first kappa shape index (κ1) is 14.3. The van der Waals surface area contributed by atoms with Gasteiger partial charge in [0.05, 0.1) is 18.3 Å². The molecule has 1 saturated heterocycles. The number of hydrogen-bond acceptors (Lipinski definition) is 5. The van der Waals surface area contributed by atoms with Crippen LogP contribution in [0.25, 0.3) is 0 Å². The topological polar surface area (TPSA) is 95.9 Å². The van der Waals surface area contributed by atoms with E-state index in [0.717, 1.165) is 11.1 Å². The van der Waals surface area contributed by atoms with Crippen molar-refractivity contribution >= 4 is 18.6 Å². The molecule has 2 amide bonds. The molecule has 100 valence electrons. The first-order valence-corrected chi connectivity index (χ1v) is 5.54. The van der Waals surface area contributed by atoms with Crippen LogP contribution in [0.3, 0.4) is 0 Å². The summed E-state index contributed by atoms with van der Waals surface area (Å²) in [5, 5.41) is 11.2. The molecular formula is C11H16N2O5. The van der Waals surface area contributed by atoms with Gasteiger partial charge in [0.2, 0.25) is 6.41 Å². The van der Waals surface area contributed by atoms with Crippen LogP contribution in [0.1, 0.15) is 12.8 Å². The van der Waals surface area contributed by atoms with Gasteiger partial charge in [0.25, 0.3) is 5.91 Å². The zero-order valence-electron chi connectivity index (χ0n) is 10.0. The molecule has 0 spiro atoms. The van der Waals surface area contributed by atoms with Crippen LogP contribution in [0.4, 0.5) is 0 Å². The molecule has 0 aromatic carbocycles. The van der Waals surface area contributed by atoms with E-state index in [4.69, 9.17) is 9.84 Å². The highest BCUT2D eigenvalue weighted by Crippen LogP contribution is 2.22. The monoisotopic (exact) mass is 256 g/mol. The van der Waals surface area contributed by atoms with Crippen LogP contribution in [-0.4, -0.2) is 54.6 Å². The van der Waals surface area contributed by atoms with Crippen molar-refractivity contribution in [2.45, 2.75) is 25.2 Å². The van der Waals surface area contributed by atoms with Crippen LogP contribution in [0, 0.1) is 0 Å². The molecule has 0 aliphatic carbocycles. The molecule has 1 aliphatic heterocycles. The second kappa shape index (κ2) is 6.87. The minimum atomic E-state index is -0.575. The van der Waals surface area contributed by atoms with Crippen LogP contribution in [-0.2, 0) is 19.1 Å². The third kappa shape index (κ3) is 3.38. The van der Waals surface area contributed by atoms with E-state index in [0.29, 0.717) is 25.5 Å². The Morgan fingerprint density at radius 2 is 2.22 bits per heavy atom. The van der Waals surface area contributed by atoms with E-state index in [1.54, 1.807) is 0 Å².